The highest BCUT2D eigenvalue weighted by Gasteiger charge is 2.18. The van der Waals surface area contributed by atoms with Gasteiger partial charge in [0, 0.05) is 11.9 Å². The van der Waals surface area contributed by atoms with E-state index in [0.29, 0.717) is 20.9 Å². The topological polar surface area (TPSA) is 97.4 Å². The molecule has 0 bridgehead atoms. The maximum atomic E-state index is 12.8. The van der Waals surface area contributed by atoms with Crippen LogP contribution in [0.25, 0.3) is 21.5 Å². The van der Waals surface area contributed by atoms with Gasteiger partial charge in [-0.25, -0.2) is 14.6 Å². The van der Waals surface area contributed by atoms with Gasteiger partial charge in [0.05, 0.1) is 26.0 Å². The number of imide groups is 1. The third-order valence-corrected chi connectivity index (χ3v) is 5.90. The fourth-order valence-electron chi connectivity index (χ4n) is 3.12. The Bertz CT molecular complexity index is 1320. The van der Waals surface area contributed by atoms with Crippen molar-refractivity contribution in [3.8, 4) is 10.6 Å². The number of nitrogens with zero attached hydrogens (tertiary/aromatic N) is 1. The first-order valence-corrected chi connectivity index (χ1v) is 11.1. The largest absolute Gasteiger partial charge is 0.452 e. The molecule has 0 unspecified atom stereocenters. The molecule has 0 radical (unpaired) electrons. The van der Waals surface area contributed by atoms with Gasteiger partial charge < -0.3 is 10.1 Å². The monoisotopic (exact) mass is 479 g/mol. The molecular weight excluding hydrogens is 462 g/mol. The normalized spacial score (nSPS) is 10.6. The Morgan fingerprint density at radius 1 is 0.970 bits per heavy atom. The van der Waals surface area contributed by atoms with Crippen molar-refractivity contribution in [1.82, 2.24) is 15.6 Å². The molecule has 0 aliphatic heterocycles. The van der Waals surface area contributed by atoms with Crippen LogP contribution in [0.1, 0.15) is 15.9 Å². The molecule has 9 heteroatoms. The molecule has 0 saturated heterocycles. The molecule has 33 heavy (non-hydrogen) atoms. The number of carbonyl (C=O) groups excluding carboxylic acids is 3. The van der Waals surface area contributed by atoms with Crippen LogP contribution in [0.3, 0.4) is 0 Å². The van der Waals surface area contributed by atoms with E-state index in [-0.39, 0.29) is 12.1 Å². The molecule has 4 aromatic rings. The van der Waals surface area contributed by atoms with Crippen LogP contribution in [0.4, 0.5) is 4.79 Å². The quantitative estimate of drug-likeness (QED) is 0.387. The number of pyridine rings is 1. The fraction of sp³-hybridized carbons (Fsp3) is 0.0833. The van der Waals surface area contributed by atoms with Crippen LogP contribution >= 0.6 is 22.9 Å². The second-order valence-electron chi connectivity index (χ2n) is 6.97. The summed E-state index contributed by atoms with van der Waals surface area (Å²) < 4.78 is 5.78. The third kappa shape index (κ3) is 5.74. The van der Waals surface area contributed by atoms with Crippen molar-refractivity contribution in [2.45, 2.75) is 6.54 Å². The molecule has 4 rings (SSSR count). The number of fused-ring (bicyclic) bond motifs is 1. The van der Waals surface area contributed by atoms with E-state index in [1.54, 1.807) is 30.3 Å². The number of urea groups is 1. The highest BCUT2D eigenvalue weighted by atomic mass is 35.5. The first kappa shape index (κ1) is 22.4. The number of benzene rings is 2. The van der Waals surface area contributed by atoms with E-state index in [9.17, 15) is 14.4 Å². The van der Waals surface area contributed by atoms with E-state index >= 15 is 0 Å². The Hall–Kier alpha value is -3.75. The molecule has 0 atom stereocenters. The molecule has 0 spiro atoms. The van der Waals surface area contributed by atoms with Gasteiger partial charge in [-0.1, -0.05) is 60.1 Å². The van der Waals surface area contributed by atoms with Gasteiger partial charge in [0.25, 0.3) is 5.91 Å². The summed E-state index contributed by atoms with van der Waals surface area (Å²) in [7, 11) is 0. The minimum atomic E-state index is -0.738. The molecule has 2 heterocycles. The first-order valence-electron chi connectivity index (χ1n) is 9.94. The van der Waals surface area contributed by atoms with Crippen molar-refractivity contribution >= 4 is 51.7 Å². The van der Waals surface area contributed by atoms with E-state index in [1.807, 2.05) is 42.5 Å². The molecule has 2 N–H and O–H groups in total. The second-order valence-corrected chi connectivity index (χ2v) is 8.68. The molecule has 0 saturated carbocycles. The molecule has 0 fully saturated rings. The summed E-state index contributed by atoms with van der Waals surface area (Å²) in [6.07, 6.45) is 0. The minimum Gasteiger partial charge on any atom is -0.452 e. The van der Waals surface area contributed by atoms with Gasteiger partial charge in [0.1, 0.15) is 0 Å². The average Bonchev–Trinajstić information content (AvgIpc) is 3.27. The van der Waals surface area contributed by atoms with E-state index in [2.05, 4.69) is 15.6 Å². The van der Waals surface area contributed by atoms with Crippen molar-refractivity contribution in [3.63, 3.8) is 0 Å². The predicted octanol–water partition coefficient (Wildman–Crippen LogP) is 4.80. The molecule has 2 aromatic heterocycles. The number of hydrogen-bond acceptors (Lipinski definition) is 6. The van der Waals surface area contributed by atoms with Crippen LogP contribution in [0.5, 0.6) is 0 Å². The number of aromatic nitrogens is 1. The molecular formula is C24H18ClN3O4S. The smallest absolute Gasteiger partial charge is 0.339 e. The standard InChI is InChI=1S/C24H18ClN3O4S/c25-21-11-10-20(33-21)19-12-17(16-8-4-5-9-18(16)27-19)23(30)32-14-22(29)28-24(31)26-13-15-6-2-1-3-7-15/h1-12H,13-14H2,(H2,26,28,29,31). The zero-order valence-electron chi connectivity index (χ0n) is 17.2. The molecule has 0 aliphatic carbocycles. The van der Waals surface area contributed by atoms with Crippen molar-refractivity contribution in [1.29, 1.82) is 0 Å². The van der Waals surface area contributed by atoms with E-state index in [0.717, 1.165) is 10.4 Å². The van der Waals surface area contributed by atoms with Gasteiger partial charge in [-0.3, -0.25) is 10.1 Å². The van der Waals surface area contributed by atoms with E-state index in [4.69, 9.17) is 16.3 Å². The van der Waals surface area contributed by atoms with Crippen molar-refractivity contribution in [3.05, 3.63) is 88.3 Å². The van der Waals surface area contributed by atoms with Gasteiger partial charge in [0.15, 0.2) is 6.61 Å². The van der Waals surface area contributed by atoms with Gasteiger partial charge in [-0.2, -0.15) is 0 Å². The molecule has 3 amide bonds. The number of ether oxygens (including phenoxy) is 1. The van der Waals surface area contributed by atoms with E-state index in [1.165, 1.54) is 11.3 Å². The lowest BCUT2D eigenvalue weighted by atomic mass is 10.1. The lowest BCUT2D eigenvalue weighted by molar-refractivity contribution is -0.123. The summed E-state index contributed by atoms with van der Waals surface area (Å²) in [4.78, 5) is 42.2. The maximum Gasteiger partial charge on any atom is 0.339 e. The molecule has 166 valence electrons. The Kier molecular flexibility index (Phi) is 6.97. The lowest BCUT2D eigenvalue weighted by Gasteiger charge is -2.10. The van der Waals surface area contributed by atoms with Crippen molar-refractivity contribution < 1.29 is 19.1 Å². The third-order valence-electron chi connectivity index (χ3n) is 4.64. The van der Waals surface area contributed by atoms with Crippen LogP contribution in [-0.2, 0) is 16.1 Å². The number of para-hydroxylation sites is 1. The maximum absolute atomic E-state index is 12.8. The number of esters is 1. The predicted molar refractivity (Wildman–Crippen MR) is 127 cm³/mol. The summed E-state index contributed by atoms with van der Waals surface area (Å²) in [5.41, 5.74) is 2.33. The number of halogens is 1. The second kappa shape index (κ2) is 10.2. The van der Waals surface area contributed by atoms with Gasteiger partial charge >= 0.3 is 12.0 Å². The zero-order chi connectivity index (χ0) is 23.2. The highest BCUT2D eigenvalue weighted by Crippen LogP contribution is 2.32. The zero-order valence-corrected chi connectivity index (χ0v) is 18.8. The van der Waals surface area contributed by atoms with Crippen LogP contribution in [0.15, 0.2) is 72.8 Å². The number of hydrogen-bond donors (Lipinski definition) is 2. The minimum absolute atomic E-state index is 0.262. The Labute approximate surface area is 198 Å². The van der Waals surface area contributed by atoms with Crippen molar-refractivity contribution in [2.24, 2.45) is 0 Å². The van der Waals surface area contributed by atoms with Crippen LogP contribution in [0, 0.1) is 0 Å². The molecule has 0 aliphatic rings. The van der Waals surface area contributed by atoms with Crippen LogP contribution in [0.2, 0.25) is 4.34 Å². The molecule has 7 nitrogen and oxygen atoms in total. The van der Waals surface area contributed by atoms with Crippen LogP contribution < -0.4 is 10.6 Å². The number of rotatable bonds is 6. The van der Waals surface area contributed by atoms with Crippen LogP contribution in [-0.4, -0.2) is 29.5 Å². The lowest BCUT2D eigenvalue weighted by Crippen LogP contribution is -2.41. The number of carbonyl (C=O) groups is 3. The van der Waals surface area contributed by atoms with Gasteiger partial charge in [-0.05, 0) is 29.8 Å². The number of nitrogens with one attached hydrogen (secondary N) is 2. The number of amides is 3. The summed E-state index contributed by atoms with van der Waals surface area (Å²) in [6, 6.07) is 20.9. The Morgan fingerprint density at radius 3 is 2.48 bits per heavy atom. The fourth-order valence-corrected chi connectivity index (χ4v) is 4.12. The summed E-state index contributed by atoms with van der Waals surface area (Å²) in [5.74, 6) is -1.44. The van der Waals surface area contributed by atoms with Gasteiger partial charge in [-0.15, -0.1) is 11.3 Å². The SMILES string of the molecule is O=C(COC(=O)c1cc(-c2ccc(Cl)s2)nc2ccccc12)NC(=O)NCc1ccccc1. The molecule has 2 aromatic carbocycles. The van der Waals surface area contributed by atoms with E-state index < -0.39 is 24.5 Å². The summed E-state index contributed by atoms with van der Waals surface area (Å²) in [6.45, 7) is -0.341. The Morgan fingerprint density at radius 2 is 1.73 bits per heavy atom. The number of thiophene rings is 1. The summed E-state index contributed by atoms with van der Waals surface area (Å²) >= 11 is 7.38. The first-order chi connectivity index (χ1) is 16.0. The van der Waals surface area contributed by atoms with Crippen molar-refractivity contribution in [2.75, 3.05) is 6.61 Å². The Balaban J connectivity index is 1.41. The average molecular weight is 480 g/mol. The summed E-state index contributed by atoms with van der Waals surface area (Å²) in [5, 5.41) is 5.31. The highest BCUT2D eigenvalue weighted by molar-refractivity contribution is 7.19. The van der Waals surface area contributed by atoms with Gasteiger partial charge in [0.2, 0.25) is 0 Å².